The molecule has 1 aromatic carbocycles. The van der Waals surface area contributed by atoms with Crippen molar-refractivity contribution in [3.63, 3.8) is 0 Å². The number of rotatable bonds is 9. The first-order chi connectivity index (χ1) is 10.2. The van der Waals surface area contributed by atoms with Gasteiger partial charge in [-0.15, -0.1) is 0 Å². The molecule has 3 heteroatoms. The largest absolute Gasteiger partial charge is 0.490 e. The van der Waals surface area contributed by atoms with E-state index in [0.29, 0.717) is 6.10 Å². The molecule has 0 spiro atoms. The van der Waals surface area contributed by atoms with Crippen LogP contribution in [0.15, 0.2) is 24.3 Å². The quantitative estimate of drug-likeness (QED) is 0.707. The van der Waals surface area contributed by atoms with E-state index in [4.69, 9.17) is 9.47 Å². The third-order valence-corrected chi connectivity index (χ3v) is 4.32. The molecule has 0 saturated heterocycles. The van der Waals surface area contributed by atoms with Gasteiger partial charge >= 0.3 is 0 Å². The van der Waals surface area contributed by atoms with E-state index in [0.717, 1.165) is 38.3 Å². The summed E-state index contributed by atoms with van der Waals surface area (Å²) in [5, 5.41) is 3.53. The van der Waals surface area contributed by atoms with E-state index in [1.54, 1.807) is 7.11 Å². The maximum absolute atomic E-state index is 6.12. The SMILES string of the molecule is CCCC(C)(CNCCOC)CC1Cc2ccccc2O1. The van der Waals surface area contributed by atoms with Crippen LogP contribution >= 0.6 is 0 Å². The molecular formula is C18H29NO2. The zero-order valence-electron chi connectivity index (χ0n) is 13.7. The van der Waals surface area contributed by atoms with Gasteiger partial charge in [0.25, 0.3) is 0 Å². The molecule has 1 aromatic rings. The van der Waals surface area contributed by atoms with Gasteiger partial charge in [-0.1, -0.05) is 38.5 Å². The average Bonchev–Trinajstić information content (AvgIpc) is 2.85. The molecule has 2 atom stereocenters. The molecular weight excluding hydrogens is 262 g/mol. The number of methoxy groups -OCH3 is 1. The van der Waals surface area contributed by atoms with Crippen LogP contribution in [0.3, 0.4) is 0 Å². The standard InChI is InChI=1S/C18H29NO2/c1-4-9-18(2,14-19-10-11-20-3)13-16-12-15-7-5-6-8-17(15)21-16/h5-8,16,19H,4,9-14H2,1-3H3. The molecule has 1 heterocycles. The van der Waals surface area contributed by atoms with Gasteiger partial charge in [-0.05, 0) is 29.9 Å². The highest BCUT2D eigenvalue weighted by molar-refractivity contribution is 5.37. The van der Waals surface area contributed by atoms with Gasteiger partial charge in [-0.3, -0.25) is 0 Å². The number of hydrogen-bond donors (Lipinski definition) is 1. The van der Waals surface area contributed by atoms with Crippen LogP contribution < -0.4 is 10.1 Å². The van der Waals surface area contributed by atoms with Gasteiger partial charge < -0.3 is 14.8 Å². The van der Waals surface area contributed by atoms with Crippen molar-refractivity contribution in [3.05, 3.63) is 29.8 Å². The van der Waals surface area contributed by atoms with Gasteiger partial charge in [0, 0.05) is 26.6 Å². The van der Waals surface area contributed by atoms with Gasteiger partial charge in [0.05, 0.1) is 6.61 Å². The van der Waals surface area contributed by atoms with Crippen molar-refractivity contribution in [2.45, 2.75) is 45.6 Å². The molecule has 2 unspecified atom stereocenters. The molecule has 0 amide bonds. The topological polar surface area (TPSA) is 30.5 Å². The molecule has 1 aliphatic heterocycles. The molecule has 0 saturated carbocycles. The number of ether oxygens (including phenoxy) is 2. The lowest BCUT2D eigenvalue weighted by molar-refractivity contribution is 0.131. The Morgan fingerprint density at radius 3 is 2.90 bits per heavy atom. The van der Waals surface area contributed by atoms with Gasteiger partial charge in [-0.2, -0.15) is 0 Å². The molecule has 0 radical (unpaired) electrons. The van der Waals surface area contributed by atoms with Crippen LogP contribution in [0, 0.1) is 5.41 Å². The highest BCUT2D eigenvalue weighted by atomic mass is 16.5. The molecule has 2 rings (SSSR count). The summed E-state index contributed by atoms with van der Waals surface area (Å²) >= 11 is 0. The highest BCUT2D eigenvalue weighted by Crippen LogP contribution is 2.36. The van der Waals surface area contributed by atoms with Crippen molar-refractivity contribution in [3.8, 4) is 5.75 Å². The summed E-state index contributed by atoms with van der Waals surface area (Å²) in [6.07, 6.45) is 4.91. The van der Waals surface area contributed by atoms with Crippen molar-refractivity contribution in [1.29, 1.82) is 0 Å². The fourth-order valence-corrected chi connectivity index (χ4v) is 3.35. The molecule has 21 heavy (non-hydrogen) atoms. The summed E-state index contributed by atoms with van der Waals surface area (Å²) in [7, 11) is 1.75. The summed E-state index contributed by atoms with van der Waals surface area (Å²) in [6.45, 7) is 7.36. The fraction of sp³-hybridized carbons (Fsp3) is 0.667. The average molecular weight is 291 g/mol. The molecule has 3 nitrogen and oxygen atoms in total. The Morgan fingerprint density at radius 1 is 1.38 bits per heavy atom. The fourth-order valence-electron chi connectivity index (χ4n) is 3.35. The Labute approximate surface area is 129 Å². The number of benzene rings is 1. The first-order valence-corrected chi connectivity index (χ1v) is 8.11. The van der Waals surface area contributed by atoms with Gasteiger partial charge in [0.2, 0.25) is 0 Å². The minimum absolute atomic E-state index is 0.287. The van der Waals surface area contributed by atoms with Crippen LogP contribution in [0.2, 0.25) is 0 Å². The van der Waals surface area contributed by atoms with Crippen LogP contribution in [-0.4, -0.2) is 32.9 Å². The predicted octanol–water partition coefficient (Wildman–Crippen LogP) is 3.42. The summed E-state index contributed by atoms with van der Waals surface area (Å²) < 4.78 is 11.2. The number of para-hydroxylation sites is 1. The lowest BCUT2D eigenvalue weighted by Gasteiger charge is -2.32. The monoisotopic (exact) mass is 291 g/mol. The second-order valence-electron chi connectivity index (χ2n) is 6.49. The maximum Gasteiger partial charge on any atom is 0.123 e. The Balaban J connectivity index is 1.88. The van der Waals surface area contributed by atoms with Gasteiger partial charge in [0.1, 0.15) is 11.9 Å². The van der Waals surface area contributed by atoms with E-state index in [9.17, 15) is 0 Å². The first kappa shape index (κ1) is 16.3. The van der Waals surface area contributed by atoms with Crippen molar-refractivity contribution < 1.29 is 9.47 Å². The second kappa shape index (κ2) is 7.81. The predicted molar refractivity (Wildman–Crippen MR) is 86.9 cm³/mol. The second-order valence-corrected chi connectivity index (χ2v) is 6.49. The van der Waals surface area contributed by atoms with E-state index < -0.39 is 0 Å². The van der Waals surface area contributed by atoms with E-state index in [-0.39, 0.29) is 5.41 Å². The third-order valence-electron chi connectivity index (χ3n) is 4.32. The summed E-state index contributed by atoms with van der Waals surface area (Å²) in [4.78, 5) is 0. The number of nitrogens with one attached hydrogen (secondary N) is 1. The van der Waals surface area contributed by atoms with E-state index in [1.165, 1.54) is 18.4 Å². The Kier molecular flexibility index (Phi) is 6.07. The zero-order valence-corrected chi connectivity index (χ0v) is 13.7. The molecule has 0 fully saturated rings. The van der Waals surface area contributed by atoms with Crippen LogP contribution in [0.1, 0.15) is 38.7 Å². The Hall–Kier alpha value is -1.06. The molecule has 0 aliphatic carbocycles. The summed E-state index contributed by atoms with van der Waals surface area (Å²) in [6, 6.07) is 8.42. The third kappa shape index (κ3) is 4.72. The van der Waals surface area contributed by atoms with Crippen LogP contribution in [0.25, 0.3) is 0 Å². The molecule has 0 aromatic heterocycles. The van der Waals surface area contributed by atoms with Crippen molar-refractivity contribution >= 4 is 0 Å². The minimum Gasteiger partial charge on any atom is -0.490 e. The zero-order chi connectivity index (χ0) is 15.1. The smallest absolute Gasteiger partial charge is 0.123 e. The first-order valence-electron chi connectivity index (χ1n) is 8.11. The summed E-state index contributed by atoms with van der Waals surface area (Å²) in [5.74, 6) is 1.08. The van der Waals surface area contributed by atoms with Crippen molar-refractivity contribution in [2.24, 2.45) is 5.41 Å². The van der Waals surface area contributed by atoms with Crippen molar-refractivity contribution in [1.82, 2.24) is 5.32 Å². The van der Waals surface area contributed by atoms with Gasteiger partial charge in [0.15, 0.2) is 0 Å². The Bertz CT molecular complexity index is 410. The van der Waals surface area contributed by atoms with E-state index in [1.807, 2.05) is 0 Å². The van der Waals surface area contributed by atoms with E-state index >= 15 is 0 Å². The molecule has 1 aliphatic rings. The highest BCUT2D eigenvalue weighted by Gasteiger charge is 2.31. The van der Waals surface area contributed by atoms with Crippen LogP contribution in [0.5, 0.6) is 5.75 Å². The normalized spacial score (nSPS) is 19.9. The molecule has 0 bridgehead atoms. The molecule has 1 N–H and O–H groups in total. The summed E-state index contributed by atoms with van der Waals surface area (Å²) in [5.41, 5.74) is 1.64. The Morgan fingerprint density at radius 2 is 2.19 bits per heavy atom. The lowest BCUT2D eigenvalue weighted by Crippen LogP contribution is -2.37. The van der Waals surface area contributed by atoms with Gasteiger partial charge in [-0.25, -0.2) is 0 Å². The van der Waals surface area contributed by atoms with Crippen LogP contribution in [0.4, 0.5) is 0 Å². The number of hydrogen-bond acceptors (Lipinski definition) is 3. The van der Waals surface area contributed by atoms with Crippen LogP contribution in [-0.2, 0) is 11.2 Å². The maximum atomic E-state index is 6.12. The van der Waals surface area contributed by atoms with Crippen molar-refractivity contribution in [2.75, 3.05) is 26.8 Å². The minimum atomic E-state index is 0.287. The number of fused-ring (bicyclic) bond motifs is 1. The lowest BCUT2D eigenvalue weighted by atomic mass is 9.79. The molecule has 118 valence electrons. The van der Waals surface area contributed by atoms with E-state index in [2.05, 4.69) is 43.4 Å².